The van der Waals surface area contributed by atoms with Crippen molar-refractivity contribution in [3.05, 3.63) is 48.4 Å². The summed E-state index contributed by atoms with van der Waals surface area (Å²) < 4.78 is 0. The zero-order valence-electron chi connectivity index (χ0n) is 12.8. The lowest BCUT2D eigenvalue weighted by molar-refractivity contribution is 0.0929. The van der Waals surface area contributed by atoms with Crippen molar-refractivity contribution < 1.29 is 5.11 Å². The van der Waals surface area contributed by atoms with E-state index in [9.17, 15) is 5.11 Å². The highest BCUT2D eigenvalue weighted by atomic mass is 16.3. The van der Waals surface area contributed by atoms with Gasteiger partial charge in [-0.25, -0.2) is 9.97 Å². The van der Waals surface area contributed by atoms with Gasteiger partial charge in [0.1, 0.15) is 12.1 Å². The lowest BCUT2D eigenvalue weighted by Crippen LogP contribution is -2.36. The molecule has 0 amide bonds. The Bertz CT molecular complexity index is 780. The summed E-state index contributed by atoms with van der Waals surface area (Å²) in [5, 5.41) is 18.5. The number of H-pyrrole nitrogens is 1. The SMILES string of the molecule is OC(c1ccccc1)C1CCN(c2ncnc3[nH]ncc23)CC1. The number of aliphatic hydroxyl groups excluding tert-OH is 1. The standard InChI is InChI=1S/C17H19N5O/c23-15(12-4-2-1-3-5-12)13-6-8-22(9-7-13)17-14-10-20-21-16(14)18-11-19-17/h1-5,10-11,13,15,23H,6-9H2,(H,18,19,20,21). The molecule has 1 fully saturated rings. The number of aliphatic hydroxyl groups is 1. The average molecular weight is 309 g/mol. The molecule has 0 bridgehead atoms. The van der Waals surface area contributed by atoms with E-state index in [2.05, 4.69) is 25.1 Å². The fourth-order valence-electron chi connectivity index (χ4n) is 3.35. The Hall–Kier alpha value is -2.47. The van der Waals surface area contributed by atoms with Crippen molar-refractivity contribution in [2.75, 3.05) is 18.0 Å². The Balaban J connectivity index is 1.48. The maximum absolute atomic E-state index is 10.6. The van der Waals surface area contributed by atoms with Crippen molar-refractivity contribution in [1.82, 2.24) is 20.2 Å². The number of fused-ring (bicyclic) bond motifs is 1. The zero-order valence-corrected chi connectivity index (χ0v) is 12.8. The Kier molecular flexibility index (Phi) is 3.67. The summed E-state index contributed by atoms with van der Waals surface area (Å²) in [5.41, 5.74) is 1.77. The molecule has 0 radical (unpaired) electrons. The first kappa shape index (κ1) is 14.1. The van der Waals surface area contributed by atoms with Crippen LogP contribution in [0.25, 0.3) is 11.0 Å². The predicted octanol–water partition coefficient (Wildman–Crippen LogP) is 2.30. The molecule has 1 aliphatic rings. The van der Waals surface area contributed by atoms with Crippen molar-refractivity contribution in [3.8, 4) is 0 Å². The minimum atomic E-state index is -0.391. The van der Waals surface area contributed by atoms with E-state index in [1.54, 1.807) is 12.5 Å². The minimum Gasteiger partial charge on any atom is -0.388 e. The first-order valence-corrected chi connectivity index (χ1v) is 7.95. The second-order valence-corrected chi connectivity index (χ2v) is 6.01. The largest absolute Gasteiger partial charge is 0.388 e. The van der Waals surface area contributed by atoms with E-state index >= 15 is 0 Å². The summed E-state index contributed by atoms with van der Waals surface area (Å²) in [5.74, 6) is 1.21. The zero-order chi connectivity index (χ0) is 15.6. The summed E-state index contributed by atoms with van der Waals surface area (Å²) in [4.78, 5) is 10.9. The monoisotopic (exact) mass is 309 g/mol. The van der Waals surface area contributed by atoms with Gasteiger partial charge in [0.25, 0.3) is 0 Å². The molecule has 118 valence electrons. The smallest absolute Gasteiger partial charge is 0.160 e. The number of piperidine rings is 1. The molecule has 1 saturated heterocycles. The van der Waals surface area contributed by atoms with Gasteiger partial charge in [0.15, 0.2) is 5.65 Å². The second-order valence-electron chi connectivity index (χ2n) is 6.01. The van der Waals surface area contributed by atoms with Gasteiger partial charge in [0, 0.05) is 13.1 Å². The Morgan fingerprint density at radius 1 is 1.13 bits per heavy atom. The van der Waals surface area contributed by atoms with Crippen LogP contribution in [0.4, 0.5) is 5.82 Å². The number of hydrogen-bond acceptors (Lipinski definition) is 5. The van der Waals surface area contributed by atoms with Crippen molar-refractivity contribution in [3.63, 3.8) is 0 Å². The summed E-state index contributed by atoms with van der Waals surface area (Å²) in [7, 11) is 0. The molecular formula is C17H19N5O. The van der Waals surface area contributed by atoms with E-state index in [4.69, 9.17) is 0 Å². The molecule has 1 atom stereocenters. The normalized spacial score (nSPS) is 17.5. The predicted molar refractivity (Wildman–Crippen MR) is 88.0 cm³/mol. The number of anilines is 1. The van der Waals surface area contributed by atoms with Crippen LogP contribution < -0.4 is 4.90 Å². The molecule has 0 spiro atoms. The van der Waals surface area contributed by atoms with Crippen LogP contribution in [0, 0.1) is 5.92 Å². The van der Waals surface area contributed by atoms with Gasteiger partial charge in [-0.2, -0.15) is 5.10 Å². The van der Waals surface area contributed by atoms with Gasteiger partial charge in [0.05, 0.1) is 17.7 Å². The summed E-state index contributed by atoms with van der Waals surface area (Å²) in [6.07, 6.45) is 4.84. The van der Waals surface area contributed by atoms with E-state index in [1.807, 2.05) is 30.3 Å². The quantitative estimate of drug-likeness (QED) is 0.776. The van der Waals surface area contributed by atoms with Crippen molar-refractivity contribution in [2.24, 2.45) is 5.92 Å². The molecular weight excluding hydrogens is 290 g/mol. The van der Waals surface area contributed by atoms with Gasteiger partial charge in [-0.3, -0.25) is 5.10 Å². The highest BCUT2D eigenvalue weighted by molar-refractivity contribution is 5.86. The van der Waals surface area contributed by atoms with Crippen LogP contribution in [0.15, 0.2) is 42.9 Å². The van der Waals surface area contributed by atoms with Crippen LogP contribution in [0.5, 0.6) is 0 Å². The van der Waals surface area contributed by atoms with Gasteiger partial charge in [-0.1, -0.05) is 30.3 Å². The number of rotatable bonds is 3. The van der Waals surface area contributed by atoms with Crippen LogP contribution >= 0.6 is 0 Å². The van der Waals surface area contributed by atoms with E-state index < -0.39 is 6.10 Å². The lowest BCUT2D eigenvalue weighted by atomic mass is 9.87. The fraction of sp³-hybridized carbons (Fsp3) is 0.353. The maximum atomic E-state index is 10.6. The number of aromatic nitrogens is 4. The van der Waals surface area contributed by atoms with Crippen molar-refractivity contribution in [1.29, 1.82) is 0 Å². The molecule has 23 heavy (non-hydrogen) atoms. The van der Waals surface area contributed by atoms with Crippen LogP contribution in [-0.2, 0) is 0 Å². The first-order valence-electron chi connectivity index (χ1n) is 7.95. The minimum absolute atomic E-state index is 0.287. The highest BCUT2D eigenvalue weighted by Gasteiger charge is 2.27. The molecule has 1 aliphatic heterocycles. The summed E-state index contributed by atoms with van der Waals surface area (Å²) in [6.45, 7) is 1.76. The average Bonchev–Trinajstić information content (AvgIpc) is 3.11. The van der Waals surface area contributed by atoms with Crippen LogP contribution in [-0.4, -0.2) is 38.4 Å². The van der Waals surface area contributed by atoms with Crippen LogP contribution in [0.3, 0.4) is 0 Å². The van der Waals surface area contributed by atoms with Crippen molar-refractivity contribution >= 4 is 16.9 Å². The number of nitrogens with zero attached hydrogens (tertiary/aromatic N) is 4. The third kappa shape index (κ3) is 2.66. The molecule has 4 rings (SSSR count). The molecule has 6 heteroatoms. The number of nitrogens with one attached hydrogen (secondary N) is 1. The van der Waals surface area contributed by atoms with Crippen LogP contribution in [0.1, 0.15) is 24.5 Å². The molecule has 3 aromatic rings. The topological polar surface area (TPSA) is 77.9 Å². The molecule has 1 aromatic carbocycles. The number of aromatic amines is 1. The fourth-order valence-corrected chi connectivity index (χ4v) is 3.35. The molecule has 6 nitrogen and oxygen atoms in total. The highest BCUT2D eigenvalue weighted by Crippen LogP contribution is 2.33. The summed E-state index contributed by atoms with van der Waals surface area (Å²) >= 11 is 0. The maximum Gasteiger partial charge on any atom is 0.160 e. The second kappa shape index (κ2) is 5.96. The number of benzene rings is 1. The Morgan fingerprint density at radius 2 is 1.91 bits per heavy atom. The van der Waals surface area contributed by atoms with Gasteiger partial charge in [-0.05, 0) is 24.3 Å². The Morgan fingerprint density at radius 3 is 2.70 bits per heavy atom. The molecule has 1 unspecified atom stereocenters. The molecule has 0 saturated carbocycles. The van der Waals surface area contributed by atoms with Gasteiger partial charge in [-0.15, -0.1) is 0 Å². The van der Waals surface area contributed by atoms with Gasteiger partial charge >= 0.3 is 0 Å². The third-order valence-corrected chi connectivity index (χ3v) is 4.65. The third-order valence-electron chi connectivity index (χ3n) is 4.65. The number of hydrogen-bond donors (Lipinski definition) is 2. The summed E-state index contributed by atoms with van der Waals surface area (Å²) in [6, 6.07) is 9.92. The first-order chi connectivity index (χ1) is 11.3. The molecule has 3 heterocycles. The van der Waals surface area contributed by atoms with E-state index in [1.165, 1.54) is 0 Å². The van der Waals surface area contributed by atoms with Crippen molar-refractivity contribution in [2.45, 2.75) is 18.9 Å². The van der Waals surface area contributed by atoms with Gasteiger partial charge < -0.3 is 10.0 Å². The van der Waals surface area contributed by atoms with E-state index in [0.717, 1.165) is 48.3 Å². The van der Waals surface area contributed by atoms with E-state index in [0.29, 0.717) is 0 Å². The van der Waals surface area contributed by atoms with Crippen LogP contribution in [0.2, 0.25) is 0 Å². The van der Waals surface area contributed by atoms with E-state index in [-0.39, 0.29) is 5.92 Å². The molecule has 2 aromatic heterocycles. The van der Waals surface area contributed by atoms with Gasteiger partial charge in [0.2, 0.25) is 0 Å². The molecule has 0 aliphatic carbocycles. The Labute approximate surface area is 134 Å². The lowest BCUT2D eigenvalue weighted by Gasteiger charge is -2.35. The molecule has 2 N–H and O–H groups in total.